The molecule has 0 unspecified atom stereocenters. The predicted molar refractivity (Wildman–Crippen MR) is 112 cm³/mol. The van der Waals surface area contributed by atoms with Crippen LogP contribution < -0.4 is 0 Å². The number of thioether (sulfide) groups is 1. The lowest BCUT2D eigenvalue weighted by Crippen LogP contribution is -2.09. The Morgan fingerprint density at radius 2 is 1.90 bits per heavy atom. The molecule has 0 amide bonds. The number of carbonyl (C=O) groups is 1. The third kappa shape index (κ3) is 4.29. The third-order valence-corrected chi connectivity index (χ3v) is 6.43. The van der Waals surface area contributed by atoms with E-state index in [0.29, 0.717) is 11.8 Å². The van der Waals surface area contributed by atoms with Crippen LogP contribution in [-0.2, 0) is 13.0 Å². The summed E-state index contributed by atoms with van der Waals surface area (Å²) in [5.41, 5.74) is 3.89. The fourth-order valence-electron chi connectivity index (χ4n) is 3.73. The number of carbonyl (C=O) groups excluding carboxylic acids is 1. The van der Waals surface area contributed by atoms with Crippen LogP contribution in [0, 0.1) is 26.6 Å². The number of ketones is 1. The first-order chi connectivity index (χ1) is 13.9. The summed E-state index contributed by atoms with van der Waals surface area (Å²) in [6.45, 7) is 6.74. The highest BCUT2D eigenvalue weighted by atomic mass is 32.2. The Morgan fingerprint density at radius 3 is 2.59 bits per heavy atom. The first-order valence-electron chi connectivity index (χ1n) is 9.92. The highest BCUT2D eigenvalue weighted by Crippen LogP contribution is 2.38. The maximum atomic E-state index is 13.1. The van der Waals surface area contributed by atoms with Crippen molar-refractivity contribution in [2.75, 3.05) is 5.75 Å². The van der Waals surface area contributed by atoms with E-state index < -0.39 is 0 Å². The Labute approximate surface area is 174 Å². The van der Waals surface area contributed by atoms with Gasteiger partial charge < -0.3 is 9.13 Å². The fourth-order valence-corrected chi connectivity index (χ4v) is 4.66. The van der Waals surface area contributed by atoms with Gasteiger partial charge in [0.2, 0.25) is 0 Å². The van der Waals surface area contributed by atoms with E-state index >= 15 is 0 Å². The van der Waals surface area contributed by atoms with E-state index in [1.54, 1.807) is 0 Å². The van der Waals surface area contributed by atoms with Crippen LogP contribution in [0.25, 0.3) is 0 Å². The molecule has 0 radical (unpaired) electrons. The number of hydrogen-bond acceptors (Lipinski definition) is 4. The van der Waals surface area contributed by atoms with E-state index in [1.807, 2.05) is 39.0 Å². The van der Waals surface area contributed by atoms with Gasteiger partial charge in [-0.15, -0.1) is 10.2 Å². The number of halogens is 1. The molecule has 29 heavy (non-hydrogen) atoms. The monoisotopic (exact) mass is 412 g/mol. The Bertz CT molecular complexity index is 1030. The number of benzene rings is 1. The van der Waals surface area contributed by atoms with Crippen LogP contribution in [0.3, 0.4) is 0 Å². The van der Waals surface area contributed by atoms with Crippen molar-refractivity contribution in [2.45, 2.75) is 57.8 Å². The molecule has 1 aromatic carbocycles. The summed E-state index contributed by atoms with van der Waals surface area (Å²) in [5.74, 6) is 1.16. The standard InChI is InChI=1S/C22H25FN4OS/c1-14-12-20(15(2)26(14)11-10-17-4-6-18(23)7-5-17)21(28)13-29-22-25-24-16(3)27(22)19-8-9-19/h4-7,12,19H,8-11,13H2,1-3H3. The number of aryl methyl sites for hydroxylation is 3. The van der Waals surface area contributed by atoms with Crippen molar-refractivity contribution in [3.8, 4) is 0 Å². The van der Waals surface area contributed by atoms with Gasteiger partial charge in [0.1, 0.15) is 11.6 Å². The maximum Gasteiger partial charge on any atom is 0.191 e. The Morgan fingerprint density at radius 1 is 1.17 bits per heavy atom. The summed E-state index contributed by atoms with van der Waals surface area (Å²) in [5, 5.41) is 9.26. The van der Waals surface area contributed by atoms with Crippen LogP contribution in [0.15, 0.2) is 35.5 Å². The first kappa shape index (κ1) is 19.9. The van der Waals surface area contributed by atoms with E-state index in [2.05, 4.69) is 19.3 Å². The minimum Gasteiger partial charge on any atom is -0.348 e. The lowest BCUT2D eigenvalue weighted by molar-refractivity contribution is 0.102. The smallest absolute Gasteiger partial charge is 0.191 e. The van der Waals surface area contributed by atoms with Gasteiger partial charge in [0, 0.05) is 29.5 Å². The third-order valence-electron chi connectivity index (χ3n) is 5.49. The predicted octanol–water partition coefficient (Wildman–Crippen LogP) is 4.70. The molecular weight excluding hydrogens is 387 g/mol. The van der Waals surface area contributed by atoms with E-state index in [0.717, 1.165) is 59.3 Å². The van der Waals surface area contributed by atoms with Crippen LogP contribution >= 0.6 is 11.8 Å². The van der Waals surface area contributed by atoms with E-state index in [-0.39, 0.29) is 11.6 Å². The largest absolute Gasteiger partial charge is 0.348 e. The number of hydrogen-bond donors (Lipinski definition) is 0. The van der Waals surface area contributed by atoms with Crippen LogP contribution in [0.5, 0.6) is 0 Å². The minimum absolute atomic E-state index is 0.110. The topological polar surface area (TPSA) is 52.7 Å². The van der Waals surface area contributed by atoms with Gasteiger partial charge in [-0.3, -0.25) is 4.79 Å². The van der Waals surface area contributed by atoms with Crippen molar-refractivity contribution in [1.82, 2.24) is 19.3 Å². The minimum atomic E-state index is -0.222. The van der Waals surface area contributed by atoms with Crippen molar-refractivity contribution >= 4 is 17.5 Å². The number of rotatable bonds is 8. The highest BCUT2D eigenvalue weighted by Gasteiger charge is 2.28. The number of aromatic nitrogens is 4. The normalized spacial score (nSPS) is 13.8. The Kier molecular flexibility index (Phi) is 5.58. The van der Waals surface area contributed by atoms with Gasteiger partial charge in [-0.1, -0.05) is 23.9 Å². The molecule has 0 aliphatic heterocycles. The lowest BCUT2D eigenvalue weighted by Gasteiger charge is -2.10. The van der Waals surface area contributed by atoms with E-state index in [9.17, 15) is 9.18 Å². The second-order valence-corrected chi connectivity index (χ2v) is 8.60. The zero-order valence-corrected chi connectivity index (χ0v) is 17.8. The molecule has 1 aliphatic rings. The molecule has 0 saturated heterocycles. The van der Waals surface area contributed by atoms with Crippen molar-refractivity contribution in [3.05, 3.63) is 64.5 Å². The SMILES string of the molecule is Cc1cc(C(=O)CSc2nnc(C)n2C2CC2)c(C)n1CCc1ccc(F)cc1. The highest BCUT2D eigenvalue weighted by molar-refractivity contribution is 7.99. The molecule has 0 atom stereocenters. The van der Waals surface area contributed by atoms with Gasteiger partial charge in [0.25, 0.3) is 0 Å². The molecule has 3 aromatic rings. The first-order valence-corrected chi connectivity index (χ1v) is 10.9. The van der Waals surface area contributed by atoms with Crippen molar-refractivity contribution in [2.24, 2.45) is 0 Å². The zero-order valence-electron chi connectivity index (χ0n) is 17.0. The molecule has 0 bridgehead atoms. The molecular formula is C22H25FN4OS. The number of Topliss-reactive ketones (excluding diaryl/α,β-unsaturated/α-hetero) is 1. The molecule has 2 aromatic heterocycles. The van der Waals surface area contributed by atoms with Crippen LogP contribution in [0.4, 0.5) is 4.39 Å². The van der Waals surface area contributed by atoms with Gasteiger partial charge in [-0.25, -0.2) is 4.39 Å². The Hall–Kier alpha value is -2.41. The van der Waals surface area contributed by atoms with Gasteiger partial charge in [0.05, 0.1) is 5.75 Å². The summed E-state index contributed by atoms with van der Waals surface area (Å²) in [7, 11) is 0. The molecule has 152 valence electrons. The summed E-state index contributed by atoms with van der Waals surface area (Å²) in [4.78, 5) is 12.9. The van der Waals surface area contributed by atoms with Gasteiger partial charge in [-0.2, -0.15) is 0 Å². The molecule has 0 spiro atoms. The van der Waals surface area contributed by atoms with Crippen molar-refractivity contribution < 1.29 is 9.18 Å². The molecule has 0 N–H and O–H groups in total. The van der Waals surface area contributed by atoms with Gasteiger partial charge in [0.15, 0.2) is 10.9 Å². The maximum absolute atomic E-state index is 13.1. The lowest BCUT2D eigenvalue weighted by atomic mass is 10.1. The van der Waals surface area contributed by atoms with Crippen molar-refractivity contribution in [1.29, 1.82) is 0 Å². The summed E-state index contributed by atoms with van der Waals surface area (Å²) >= 11 is 1.47. The van der Waals surface area contributed by atoms with E-state index in [1.165, 1.54) is 23.9 Å². The number of nitrogens with zero attached hydrogens (tertiary/aromatic N) is 4. The second-order valence-electron chi connectivity index (χ2n) is 7.66. The molecule has 1 fully saturated rings. The zero-order chi connectivity index (χ0) is 20.5. The van der Waals surface area contributed by atoms with Crippen LogP contribution in [0.1, 0.15) is 52.0 Å². The molecule has 4 rings (SSSR count). The average molecular weight is 413 g/mol. The molecule has 5 nitrogen and oxygen atoms in total. The summed E-state index contributed by atoms with van der Waals surface area (Å²) < 4.78 is 17.4. The van der Waals surface area contributed by atoms with Gasteiger partial charge in [-0.05, 0) is 63.8 Å². The van der Waals surface area contributed by atoms with Crippen molar-refractivity contribution in [3.63, 3.8) is 0 Å². The van der Waals surface area contributed by atoms with Crippen LogP contribution in [0.2, 0.25) is 0 Å². The van der Waals surface area contributed by atoms with Gasteiger partial charge >= 0.3 is 0 Å². The molecule has 7 heteroatoms. The summed E-state index contributed by atoms with van der Waals surface area (Å²) in [6.07, 6.45) is 3.12. The molecule has 1 saturated carbocycles. The summed E-state index contributed by atoms with van der Waals surface area (Å²) in [6, 6.07) is 9.06. The fraction of sp³-hybridized carbons (Fsp3) is 0.409. The van der Waals surface area contributed by atoms with E-state index in [4.69, 9.17) is 0 Å². The van der Waals surface area contributed by atoms with Crippen LogP contribution in [-0.4, -0.2) is 30.9 Å². The Balaban J connectivity index is 1.42. The average Bonchev–Trinajstić information content (AvgIpc) is 3.41. The quantitative estimate of drug-likeness (QED) is 0.398. The second kappa shape index (κ2) is 8.14. The molecule has 1 aliphatic carbocycles. The molecule has 2 heterocycles.